The van der Waals surface area contributed by atoms with Crippen LogP contribution in [0.1, 0.15) is 11.1 Å². The summed E-state index contributed by atoms with van der Waals surface area (Å²) in [4.78, 5) is 5.81. The highest BCUT2D eigenvalue weighted by Crippen LogP contribution is 2.40. The van der Waals surface area contributed by atoms with Crippen LogP contribution in [-0.4, -0.2) is 4.98 Å². The molecule has 0 N–H and O–H groups in total. The van der Waals surface area contributed by atoms with Gasteiger partial charge >= 0.3 is 0 Å². The molecule has 0 saturated carbocycles. The topological polar surface area (TPSA) is 12.9 Å². The van der Waals surface area contributed by atoms with E-state index in [0.717, 1.165) is 6.42 Å². The second kappa shape index (κ2) is 2.92. The number of nitrogens with zero attached hydrogens (tertiary/aromatic N) is 1. The Hall–Kier alpha value is -1.67. The minimum atomic E-state index is 1.13. The fourth-order valence-corrected chi connectivity index (χ4v) is 3.22. The maximum Gasteiger partial charge on any atom is 0.0840 e. The lowest BCUT2D eigenvalue weighted by atomic mass is 10.2. The molecule has 3 aromatic rings. The van der Waals surface area contributed by atoms with Gasteiger partial charge in [-0.2, -0.15) is 0 Å². The molecule has 1 aliphatic rings. The number of fused-ring (bicyclic) bond motifs is 2. The average Bonchev–Trinajstić information content (AvgIpc) is 2.99. The van der Waals surface area contributed by atoms with E-state index in [1.54, 1.807) is 0 Å². The molecular weight excluding hydrogens is 214 g/mol. The van der Waals surface area contributed by atoms with Crippen molar-refractivity contribution >= 4 is 21.4 Å². The molecule has 1 nitrogen and oxygen atoms in total. The van der Waals surface area contributed by atoms with Crippen LogP contribution >= 0.6 is 11.3 Å². The van der Waals surface area contributed by atoms with Crippen molar-refractivity contribution in [2.45, 2.75) is 6.42 Å². The van der Waals surface area contributed by atoms with Crippen LogP contribution < -0.4 is 0 Å². The van der Waals surface area contributed by atoms with Gasteiger partial charge in [0.25, 0.3) is 0 Å². The molecular formula is C14H9NS. The largest absolute Gasteiger partial charge is 0.255 e. The number of hydrogen-bond donors (Lipinski definition) is 0. The first kappa shape index (κ1) is 8.48. The van der Waals surface area contributed by atoms with Crippen molar-refractivity contribution in [3.8, 4) is 10.6 Å². The van der Waals surface area contributed by atoms with Crippen LogP contribution in [0.5, 0.6) is 0 Å². The first-order valence-corrected chi connectivity index (χ1v) is 6.19. The van der Waals surface area contributed by atoms with E-state index in [2.05, 4.69) is 41.4 Å². The molecule has 2 heteroatoms. The fourth-order valence-electron chi connectivity index (χ4n) is 2.13. The average molecular weight is 223 g/mol. The fraction of sp³-hybridized carbons (Fsp3) is 0.0714. The van der Waals surface area contributed by atoms with E-state index < -0.39 is 0 Å². The molecule has 0 aliphatic heterocycles. The van der Waals surface area contributed by atoms with Gasteiger partial charge in [-0.1, -0.05) is 18.2 Å². The Morgan fingerprint density at radius 3 is 3.00 bits per heavy atom. The summed E-state index contributed by atoms with van der Waals surface area (Å²) in [6.07, 6.45) is 3.05. The molecule has 0 radical (unpaired) electrons. The predicted octanol–water partition coefficient (Wildman–Crippen LogP) is 3.87. The van der Waals surface area contributed by atoms with Gasteiger partial charge in [-0.25, -0.2) is 0 Å². The summed E-state index contributed by atoms with van der Waals surface area (Å²) >= 11 is 1.84. The maximum atomic E-state index is 4.51. The van der Waals surface area contributed by atoms with E-state index in [1.807, 2.05) is 17.5 Å². The molecule has 2 heterocycles. The normalized spacial score (nSPS) is 12.8. The van der Waals surface area contributed by atoms with Crippen LogP contribution in [0, 0.1) is 0 Å². The Labute approximate surface area is 97.4 Å². The van der Waals surface area contributed by atoms with Crippen molar-refractivity contribution in [3.05, 3.63) is 53.7 Å². The molecule has 0 saturated heterocycles. The van der Waals surface area contributed by atoms with Gasteiger partial charge in [-0.15, -0.1) is 11.3 Å². The van der Waals surface area contributed by atoms with Gasteiger partial charge in [-0.05, 0) is 34.7 Å². The van der Waals surface area contributed by atoms with Crippen molar-refractivity contribution in [2.75, 3.05) is 0 Å². The third kappa shape index (κ3) is 1.14. The van der Waals surface area contributed by atoms with Crippen LogP contribution in [0.25, 0.3) is 20.7 Å². The van der Waals surface area contributed by atoms with Gasteiger partial charge in [-0.3, -0.25) is 4.98 Å². The molecule has 1 aromatic carbocycles. The molecule has 1 aliphatic carbocycles. The lowest BCUT2D eigenvalue weighted by Gasteiger charge is -1.92. The van der Waals surface area contributed by atoms with E-state index in [1.165, 1.54) is 31.8 Å². The maximum absolute atomic E-state index is 4.51. The Kier molecular flexibility index (Phi) is 1.55. The summed E-state index contributed by atoms with van der Waals surface area (Å²) < 4.78 is 1.34. The summed E-state index contributed by atoms with van der Waals surface area (Å²) in [7, 11) is 0. The lowest BCUT2D eigenvalue weighted by molar-refractivity contribution is 1.35. The molecule has 0 fully saturated rings. The number of thiophene rings is 1. The van der Waals surface area contributed by atoms with Gasteiger partial charge in [0.2, 0.25) is 0 Å². The molecule has 0 unspecified atom stereocenters. The smallest absolute Gasteiger partial charge is 0.0840 e. The molecule has 2 aromatic heterocycles. The van der Waals surface area contributed by atoms with Gasteiger partial charge < -0.3 is 0 Å². The van der Waals surface area contributed by atoms with Crippen molar-refractivity contribution in [1.82, 2.24) is 4.98 Å². The third-order valence-corrected chi connectivity index (χ3v) is 4.18. The Balaban J connectivity index is 1.98. The number of hydrogen-bond acceptors (Lipinski definition) is 2. The highest BCUT2D eigenvalue weighted by atomic mass is 32.1. The van der Waals surface area contributed by atoms with E-state index in [4.69, 9.17) is 0 Å². The summed E-state index contributed by atoms with van der Waals surface area (Å²) in [6.45, 7) is 0. The Bertz CT molecular complexity index is 664. The first-order chi connectivity index (χ1) is 7.92. The number of rotatable bonds is 1. The van der Waals surface area contributed by atoms with Crippen molar-refractivity contribution in [1.29, 1.82) is 0 Å². The van der Waals surface area contributed by atoms with Gasteiger partial charge in [0.1, 0.15) is 0 Å². The van der Waals surface area contributed by atoms with E-state index >= 15 is 0 Å². The third-order valence-electron chi connectivity index (χ3n) is 3.05. The summed E-state index contributed by atoms with van der Waals surface area (Å²) in [6, 6.07) is 12.9. The van der Waals surface area contributed by atoms with Gasteiger partial charge in [0.15, 0.2) is 0 Å². The second-order valence-electron chi connectivity index (χ2n) is 4.12. The highest BCUT2D eigenvalue weighted by Gasteiger charge is 2.23. The molecule has 76 valence electrons. The number of pyridine rings is 1. The molecule has 0 amide bonds. The summed E-state index contributed by atoms with van der Waals surface area (Å²) in [5.74, 6) is 0. The zero-order chi connectivity index (χ0) is 10.5. The SMILES string of the molecule is c1ccc2sc(-c3nccc4c3C4)cc2c1. The van der Waals surface area contributed by atoms with Crippen LogP contribution in [0.4, 0.5) is 0 Å². The summed E-state index contributed by atoms with van der Waals surface area (Å²) in [5.41, 5.74) is 4.09. The quantitative estimate of drug-likeness (QED) is 0.477. The second-order valence-corrected chi connectivity index (χ2v) is 5.21. The number of benzene rings is 1. The summed E-state index contributed by atoms with van der Waals surface area (Å²) in [5, 5.41) is 1.32. The van der Waals surface area contributed by atoms with Crippen LogP contribution in [-0.2, 0) is 6.42 Å². The van der Waals surface area contributed by atoms with Crippen LogP contribution in [0.15, 0.2) is 42.6 Å². The van der Waals surface area contributed by atoms with E-state index in [-0.39, 0.29) is 0 Å². The van der Waals surface area contributed by atoms with Gasteiger partial charge in [0, 0.05) is 17.3 Å². The number of aromatic nitrogens is 1. The van der Waals surface area contributed by atoms with Crippen LogP contribution in [0.2, 0.25) is 0 Å². The van der Waals surface area contributed by atoms with E-state index in [9.17, 15) is 0 Å². The molecule has 0 bridgehead atoms. The van der Waals surface area contributed by atoms with Crippen LogP contribution in [0.3, 0.4) is 0 Å². The zero-order valence-electron chi connectivity index (χ0n) is 8.60. The monoisotopic (exact) mass is 223 g/mol. The molecule has 0 atom stereocenters. The van der Waals surface area contributed by atoms with Gasteiger partial charge in [0.05, 0.1) is 10.6 Å². The lowest BCUT2D eigenvalue weighted by Crippen LogP contribution is -1.76. The molecule has 16 heavy (non-hydrogen) atoms. The highest BCUT2D eigenvalue weighted by molar-refractivity contribution is 7.22. The van der Waals surface area contributed by atoms with Crippen molar-refractivity contribution < 1.29 is 0 Å². The molecule has 0 spiro atoms. The first-order valence-electron chi connectivity index (χ1n) is 5.37. The predicted molar refractivity (Wildman–Crippen MR) is 67.9 cm³/mol. The van der Waals surface area contributed by atoms with E-state index in [0.29, 0.717) is 0 Å². The van der Waals surface area contributed by atoms with Crippen molar-refractivity contribution in [3.63, 3.8) is 0 Å². The molecule has 4 rings (SSSR count). The van der Waals surface area contributed by atoms with Crippen molar-refractivity contribution in [2.24, 2.45) is 0 Å². The minimum absolute atomic E-state index is 1.13. The standard InChI is InChI=1S/C14H9NS/c1-2-4-12-10(3-1)8-13(16-12)14-11-7-9(11)5-6-15-14/h1-6,8H,7H2. The zero-order valence-corrected chi connectivity index (χ0v) is 9.42. The Morgan fingerprint density at radius 2 is 2.06 bits per heavy atom. The minimum Gasteiger partial charge on any atom is -0.255 e. The Morgan fingerprint density at radius 1 is 1.12 bits per heavy atom.